The largest absolute Gasteiger partial charge is 0.499 e. The molecule has 1 saturated carbocycles. The number of carbonyl (C=O) groups excluding carboxylic acids is 2. The number of hydrogen-bond donors (Lipinski definition) is 2. The summed E-state index contributed by atoms with van der Waals surface area (Å²) in [6.07, 6.45) is 14.0. The van der Waals surface area contributed by atoms with Gasteiger partial charge < -0.3 is 24.8 Å². The van der Waals surface area contributed by atoms with Crippen molar-refractivity contribution >= 4 is 35.3 Å². The molecule has 10 heteroatoms. The van der Waals surface area contributed by atoms with Gasteiger partial charge >= 0.3 is 0 Å². The van der Waals surface area contributed by atoms with Crippen molar-refractivity contribution in [3.05, 3.63) is 52.7 Å². The topological polar surface area (TPSA) is 111 Å². The molecule has 2 amide bonds. The monoisotopic (exact) mass is 556 g/mol. The molecule has 0 aromatic carbocycles. The average Bonchev–Trinajstić information content (AvgIpc) is 3.74. The van der Waals surface area contributed by atoms with E-state index in [4.69, 9.17) is 25.8 Å². The lowest BCUT2D eigenvalue weighted by molar-refractivity contribution is -0.133. The quantitative estimate of drug-likeness (QED) is 0.418. The lowest BCUT2D eigenvalue weighted by atomic mass is 9.95. The molecule has 210 valence electrons. The van der Waals surface area contributed by atoms with Crippen molar-refractivity contribution in [2.24, 2.45) is 16.3 Å². The molecule has 39 heavy (non-hydrogen) atoms. The number of nitrogens with one attached hydrogen (secondary N) is 2. The van der Waals surface area contributed by atoms with Crippen molar-refractivity contribution < 1.29 is 23.8 Å². The highest BCUT2D eigenvalue weighted by Gasteiger charge is 2.56. The van der Waals surface area contributed by atoms with E-state index in [0.29, 0.717) is 36.5 Å². The molecule has 3 unspecified atom stereocenters. The number of pyridine rings is 1. The first kappa shape index (κ1) is 28.8. The van der Waals surface area contributed by atoms with Crippen molar-refractivity contribution in [3.8, 4) is 5.88 Å². The fourth-order valence-corrected chi connectivity index (χ4v) is 4.95. The SMILES string of the molecule is CO/C1=C/C/C(Oc2ncc(NC(=O)C3(C(=O)NC4=CCCCC4)CC3)cc2Cl)=C\C=NC(C)C(C)C1OC. The molecular weight excluding hydrogens is 520 g/mol. The fraction of sp³-hybridized carbons (Fsp3) is 0.517. The normalized spacial score (nSPS) is 27.1. The van der Waals surface area contributed by atoms with Gasteiger partial charge in [-0.1, -0.05) is 24.6 Å². The predicted octanol–water partition coefficient (Wildman–Crippen LogP) is 5.33. The van der Waals surface area contributed by atoms with E-state index in [-0.39, 0.29) is 40.8 Å². The Labute approximate surface area is 234 Å². The second-order valence-corrected chi connectivity index (χ2v) is 10.7. The second kappa shape index (κ2) is 12.8. The third-order valence-corrected chi connectivity index (χ3v) is 7.84. The summed E-state index contributed by atoms with van der Waals surface area (Å²) in [7, 11) is 3.27. The summed E-state index contributed by atoms with van der Waals surface area (Å²) in [5.74, 6) is 0.936. The molecule has 0 saturated heterocycles. The Kier molecular flexibility index (Phi) is 9.45. The molecule has 1 aromatic rings. The van der Waals surface area contributed by atoms with Gasteiger partial charge in [0.05, 0.1) is 25.0 Å². The molecular formula is C29H37ClN4O5. The molecule has 1 aromatic heterocycles. The van der Waals surface area contributed by atoms with Crippen LogP contribution in [-0.4, -0.2) is 49.4 Å². The lowest BCUT2D eigenvalue weighted by Crippen LogP contribution is -2.39. The molecule has 4 rings (SSSR count). The van der Waals surface area contributed by atoms with Crippen LogP contribution in [0.15, 0.2) is 52.7 Å². The molecule has 0 spiro atoms. The van der Waals surface area contributed by atoms with Crippen LogP contribution in [0, 0.1) is 11.3 Å². The number of halogens is 1. The van der Waals surface area contributed by atoms with Crippen LogP contribution in [0.3, 0.4) is 0 Å². The van der Waals surface area contributed by atoms with E-state index in [1.54, 1.807) is 32.6 Å². The molecule has 1 aliphatic heterocycles. The van der Waals surface area contributed by atoms with Gasteiger partial charge in [-0.25, -0.2) is 4.98 Å². The van der Waals surface area contributed by atoms with Gasteiger partial charge in [0.25, 0.3) is 0 Å². The molecule has 3 atom stereocenters. The zero-order chi connectivity index (χ0) is 28.0. The van der Waals surface area contributed by atoms with Crippen molar-refractivity contribution in [2.75, 3.05) is 19.5 Å². The number of amides is 2. The van der Waals surface area contributed by atoms with Crippen molar-refractivity contribution in [3.63, 3.8) is 0 Å². The maximum absolute atomic E-state index is 13.0. The second-order valence-electron chi connectivity index (χ2n) is 10.3. The van der Waals surface area contributed by atoms with Gasteiger partial charge in [0.15, 0.2) is 0 Å². The minimum absolute atomic E-state index is 0.00931. The molecule has 0 bridgehead atoms. The van der Waals surface area contributed by atoms with E-state index in [2.05, 4.69) is 27.5 Å². The van der Waals surface area contributed by atoms with E-state index in [9.17, 15) is 9.59 Å². The minimum atomic E-state index is -1.06. The number of aromatic nitrogens is 1. The van der Waals surface area contributed by atoms with Gasteiger partial charge in [-0.15, -0.1) is 0 Å². The van der Waals surface area contributed by atoms with Gasteiger partial charge in [-0.2, -0.15) is 0 Å². The Morgan fingerprint density at radius 1 is 1.10 bits per heavy atom. The molecule has 2 heterocycles. The summed E-state index contributed by atoms with van der Waals surface area (Å²) < 4.78 is 17.3. The molecule has 9 nitrogen and oxygen atoms in total. The number of anilines is 1. The molecule has 0 radical (unpaired) electrons. The third-order valence-electron chi connectivity index (χ3n) is 7.57. The van der Waals surface area contributed by atoms with E-state index < -0.39 is 5.41 Å². The highest BCUT2D eigenvalue weighted by atomic mass is 35.5. The van der Waals surface area contributed by atoms with E-state index in [0.717, 1.165) is 31.4 Å². The third kappa shape index (κ3) is 6.89. The predicted molar refractivity (Wildman–Crippen MR) is 151 cm³/mol. The van der Waals surface area contributed by atoms with Crippen molar-refractivity contribution in [1.82, 2.24) is 10.3 Å². The standard InChI is InChI=1S/C29H37ClN4O5/c1-18-19(2)31-15-12-22(10-11-24(37-3)25(18)38-4)39-26-23(30)16-21(17-32-26)34-28(36)29(13-14-29)27(35)33-20-8-6-5-7-9-20/h8,11-12,15-19,25H,5-7,9-10,13-14H2,1-4H3,(H,33,35)(H,34,36)/b22-12+,24-11+,31-15?. The molecule has 1 fully saturated rings. The van der Waals surface area contributed by atoms with E-state index in [1.807, 2.05) is 19.1 Å². The van der Waals surface area contributed by atoms with Gasteiger partial charge in [0.1, 0.15) is 28.1 Å². The summed E-state index contributed by atoms with van der Waals surface area (Å²) in [4.78, 5) is 34.8. The lowest BCUT2D eigenvalue weighted by Gasteiger charge is -2.27. The zero-order valence-electron chi connectivity index (χ0n) is 23.0. The first-order valence-electron chi connectivity index (χ1n) is 13.4. The summed E-state index contributed by atoms with van der Waals surface area (Å²) in [5.41, 5.74) is 0.244. The van der Waals surface area contributed by atoms with Gasteiger partial charge in [-0.05, 0) is 63.7 Å². The Morgan fingerprint density at radius 2 is 1.87 bits per heavy atom. The summed E-state index contributed by atoms with van der Waals surface area (Å²) >= 11 is 6.48. The number of allylic oxidation sites excluding steroid dienone is 4. The van der Waals surface area contributed by atoms with Crippen LogP contribution >= 0.6 is 11.6 Å². The Morgan fingerprint density at radius 3 is 2.51 bits per heavy atom. The van der Waals surface area contributed by atoms with Crippen LogP contribution in [0.4, 0.5) is 5.69 Å². The van der Waals surface area contributed by atoms with E-state index >= 15 is 0 Å². The van der Waals surface area contributed by atoms with Crippen LogP contribution in [0.2, 0.25) is 5.02 Å². The maximum atomic E-state index is 13.0. The number of hydrogen-bond acceptors (Lipinski definition) is 7. The number of aliphatic imine (C=N–C) groups is 1. The van der Waals surface area contributed by atoms with Crippen molar-refractivity contribution in [2.45, 2.75) is 70.9 Å². The average molecular weight is 557 g/mol. The van der Waals surface area contributed by atoms with Crippen LogP contribution in [0.1, 0.15) is 58.8 Å². The summed E-state index contributed by atoms with van der Waals surface area (Å²) in [5, 5.41) is 5.98. The summed E-state index contributed by atoms with van der Waals surface area (Å²) in [6.45, 7) is 4.09. The Balaban J connectivity index is 1.44. The van der Waals surface area contributed by atoms with Crippen LogP contribution in [0.5, 0.6) is 5.88 Å². The molecule has 3 aliphatic rings. The highest BCUT2D eigenvalue weighted by molar-refractivity contribution is 6.32. The zero-order valence-corrected chi connectivity index (χ0v) is 23.7. The Hall–Kier alpha value is -3.17. The molecule has 2 N–H and O–H groups in total. The number of carbonyl (C=O) groups is 2. The van der Waals surface area contributed by atoms with Crippen LogP contribution in [-0.2, 0) is 19.1 Å². The number of ether oxygens (including phenoxy) is 3. The van der Waals surface area contributed by atoms with Gasteiger partial charge in [0.2, 0.25) is 17.7 Å². The van der Waals surface area contributed by atoms with Gasteiger partial charge in [-0.3, -0.25) is 14.6 Å². The number of rotatable bonds is 8. The summed E-state index contributed by atoms with van der Waals surface area (Å²) in [6, 6.07) is 1.56. The van der Waals surface area contributed by atoms with Crippen molar-refractivity contribution in [1.29, 1.82) is 0 Å². The maximum Gasteiger partial charge on any atom is 0.240 e. The number of nitrogens with zero attached hydrogens (tertiary/aromatic N) is 2. The fourth-order valence-electron chi connectivity index (χ4n) is 4.74. The minimum Gasteiger partial charge on any atom is -0.499 e. The first-order chi connectivity index (χ1) is 18.8. The van der Waals surface area contributed by atoms with Gasteiger partial charge in [0, 0.05) is 31.4 Å². The smallest absolute Gasteiger partial charge is 0.240 e. The Bertz CT molecular complexity index is 1200. The van der Waals surface area contributed by atoms with E-state index in [1.165, 1.54) is 6.20 Å². The number of methoxy groups -OCH3 is 2. The molecule has 2 aliphatic carbocycles. The van der Waals surface area contributed by atoms with Crippen LogP contribution in [0.25, 0.3) is 0 Å². The highest BCUT2D eigenvalue weighted by Crippen LogP contribution is 2.47. The van der Waals surface area contributed by atoms with Crippen LogP contribution < -0.4 is 15.4 Å². The first-order valence-corrected chi connectivity index (χ1v) is 13.8.